The minimum Gasteiger partial charge on any atom is -0.381 e. The van der Waals surface area contributed by atoms with Crippen molar-refractivity contribution in [2.45, 2.75) is 44.1 Å². The number of benzene rings is 1. The molecule has 2 unspecified atom stereocenters. The van der Waals surface area contributed by atoms with Crippen LogP contribution in [0, 0.1) is 5.92 Å². The van der Waals surface area contributed by atoms with Crippen LogP contribution in [-0.2, 0) is 17.8 Å². The van der Waals surface area contributed by atoms with E-state index in [1.807, 2.05) is 11.0 Å². The molecule has 0 bridgehead atoms. The second-order valence-electron chi connectivity index (χ2n) is 9.34. The van der Waals surface area contributed by atoms with Crippen LogP contribution in [0.2, 0.25) is 0 Å². The number of nitrogens with one attached hydrogen (secondary N) is 1. The highest BCUT2D eigenvalue weighted by molar-refractivity contribution is 5.97. The molecule has 1 aromatic carbocycles. The molecule has 1 aliphatic heterocycles. The van der Waals surface area contributed by atoms with E-state index >= 15 is 0 Å². The fourth-order valence-corrected chi connectivity index (χ4v) is 4.52. The third kappa shape index (κ3) is 6.75. The van der Waals surface area contributed by atoms with Gasteiger partial charge in [-0.1, -0.05) is 30.3 Å². The van der Waals surface area contributed by atoms with Crippen LogP contribution in [0.1, 0.15) is 34.5 Å². The van der Waals surface area contributed by atoms with E-state index in [0.29, 0.717) is 25.3 Å². The van der Waals surface area contributed by atoms with Crippen LogP contribution in [0.3, 0.4) is 0 Å². The molecule has 0 aliphatic carbocycles. The molecule has 0 saturated carbocycles. The van der Waals surface area contributed by atoms with Gasteiger partial charge in [0.05, 0.1) is 23.2 Å². The summed E-state index contributed by atoms with van der Waals surface area (Å²) in [6.45, 7) is 1.01. The van der Waals surface area contributed by atoms with E-state index in [-0.39, 0.29) is 30.6 Å². The van der Waals surface area contributed by atoms with Gasteiger partial charge < -0.3 is 16.2 Å². The second-order valence-corrected chi connectivity index (χ2v) is 9.34. The summed E-state index contributed by atoms with van der Waals surface area (Å²) in [6.07, 6.45) is -2.39. The Morgan fingerprint density at radius 1 is 1.11 bits per heavy atom. The zero-order valence-electron chi connectivity index (χ0n) is 20.5. The topological polar surface area (TPSA) is 126 Å². The number of nitrogens with zero attached hydrogens (tertiary/aromatic N) is 4. The molecule has 38 heavy (non-hydrogen) atoms. The number of aromatic nitrogens is 3. The maximum atomic E-state index is 13.2. The lowest BCUT2D eigenvalue weighted by Crippen LogP contribution is -2.50. The minimum absolute atomic E-state index is 0.0517. The first-order valence-electron chi connectivity index (χ1n) is 12.2. The van der Waals surface area contributed by atoms with Crippen LogP contribution in [0.15, 0.2) is 60.9 Å². The maximum Gasteiger partial charge on any atom is 0.391 e. The zero-order chi connectivity index (χ0) is 27.3. The van der Waals surface area contributed by atoms with Crippen molar-refractivity contribution in [2.75, 3.05) is 13.1 Å². The summed E-state index contributed by atoms with van der Waals surface area (Å²) >= 11 is 0. The van der Waals surface area contributed by atoms with Crippen molar-refractivity contribution >= 4 is 11.8 Å². The number of carbonyl (C=O) groups excluding carboxylic acids is 2. The number of rotatable bonds is 9. The third-order valence-corrected chi connectivity index (χ3v) is 6.62. The van der Waals surface area contributed by atoms with Crippen molar-refractivity contribution in [2.24, 2.45) is 11.7 Å². The molecular formula is C26H29F3N6O3. The van der Waals surface area contributed by atoms with E-state index in [2.05, 4.69) is 15.4 Å². The summed E-state index contributed by atoms with van der Waals surface area (Å²) < 4.78 is 40.3. The highest BCUT2D eigenvalue weighted by Crippen LogP contribution is 2.34. The van der Waals surface area contributed by atoms with Crippen molar-refractivity contribution in [3.05, 3.63) is 77.7 Å². The fraction of sp³-hybridized carbons (Fsp3) is 0.385. The molecule has 2 aromatic heterocycles. The summed E-state index contributed by atoms with van der Waals surface area (Å²) in [5, 5.41) is 17.5. The maximum absolute atomic E-state index is 13.2. The van der Waals surface area contributed by atoms with Gasteiger partial charge in [-0.25, -0.2) is 9.67 Å². The van der Waals surface area contributed by atoms with Gasteiger partial charge in [0, 0.05) is 18.9 Å². The number of hydrogen-bond acceptors (Lipinski definition) is 6. The van der Waals surface area contributed by atoms with Crippen LogP contribution in [0.4, 0.5) is 13.2 Å². The number of aliphatic hydroxyl groups is 1. The Bertz CT molecular complexity index is 1240. The molecule has 2 amide bonds. The summed E-state index contributed by atoms with van der Waals surface area (Å²) in [5.41, 5.74) is 6.88. The van der Waals surface area contributed by atoms with Gasteiger partial charge in [0.1, 0.15) is 0 Å². The Labute approximate surface area is 217 Å². The van der Waals surface area contributed by atoms with Crippen LogP contribution in [-0.4, -0.2) is 68.0 Å². The zero-order valence-corrected chi connectivity index (χ0v) is 20.5. The average Bonchev–Trinajstić information content (AvgIpc) is 3.36. The Hall–Kier alpha value is -3.77. The van der Waals surface area contributed by atoms with Crippen molar-refractivity contribution < 1.29 is 27.9 Å². The molecular weight excluding hydrogens is 501 g/mol. The number of alkyl halides is 3. The quantitative estimate of drug-likeness (QED) is 0.390. The highest BCUT2D eigenvalue weighted by Gasteiger charge is 2.41. The SMILES string of the molecule is NC(=O)C(O)C(Cc1ccccc1)NC(=O)c1cccnc1-n1ccc(CN2CCC(C(F)(F)F)CC2)n1. The first-order chi connectivity index (χ1) is 18.1. The normalized spacial score (nSPS) is 16.6. The highest BCUT2D eigenvalue weighted by atomic mass is 19.4. The molecule has 0 radical (unpaired) electrons. The molecule has 202 valence electrons. The first kappa shape index (κ1) is 27.3. The van der Waals surface area contributed by atoms with Crippen molar-refractivity contribution in [1.29, 1.82) is 0 Å². The molecule has 9 nitrogen and oxygen atoms in total. The van der Waals surface area contributed by atoms with E-state index in [9.17, 15) is 27.9 Å². The van der Waals surface area contributed by atoms with Gasteiger partial charge in [0.25, 0.3) is 5.91 Å². The molecule has 2 atom stereocenters. The number of pyridine rings is 1. The van der Waals surface area contributed by atoms with Gasteiger partial charge in [-0.3, -0.25) is 14.5 Å². The molecule has 4 N–H and O–H groups in total. The smallest absolute Gasteiger partial charge is 0.381 e. The molecule has 1 saturated heterocycles. The van der Waals surface area contributed by atoms with Crippen molar-refractivity contribution in [3.8, 4) is 5.82 Å². The largest absolute Gasteiger partial charge is 0.391 e. The second kappa shape index (κ2) is 11.7. The van der Waals surface area contributed by atoms with Gasteiger partial charge in [-0.15, -0.1) is 0 Å². The van der Waals surface area contributed by atoms with E-state index in [0.717, 1.165) is 5.56 Å². The molecule has 0 spiro atoms. The predicted octanol–water partition coefficient (Wildman–Crippen LogP) is 2.23. The summed E-state index contributed by atoms with van der Waals surface area (Å²) in [7, 11) is 0. The Morgan fingerprint density at radius 3 is 2.47 bits per heavy atom. The Balaban J connectivity index is 1.47. The standard InChI is InChI=1S/C26H29F3N6O3/c27-26(28,29)18-8-12-34(13-9-18)16-19-10-14-35(33-19)24-20(7-4-11-31-24)25(38)32-21(22(36)23(30)37)15-17-5-2-1-3-6-17/h1-7,10-11,14,18,21-22,36H,8-9,12-13,15-16H2,(H2,30,37)(H,32,38). The third-order valence-electron chi connectivity index (χ3n) is 6.62. The predicted molar refractivity (Wildman–Crippen MR) is 132 cm³/mol. The molecule has 1 aliphatic rings. The van der Waals surface area contributed by atoms with Crippen LogP contribution < -0.4 is 11.1 Å². The van der Waals surface area contributed by atoms with Crippen LogP contribution >= 0.6 is 0 Å². The fourth-order valence-electron chi connectivity index (χ4n) is 4.52. The number of carbonyl (C=O) groups is 2. The van der Waals surface area contributed by atoms with Gasteiger partial charge in [-0.2, -0.15) is 18.3 Å². The van der Waals surface area contributed by atoms with E-state index < -0.39 is 36.1 Å². The van der Waals surface area contributed by atoms with E-state index in [1.165, 1.54) is 16.9 Å². The van der Waals surface area contributed by atoms with E-state index in [4.69, 9.17) is 5.73 Å². The molecule has 1 fully saturated rings. The van der Waals surface area contributed by atoms with Gasteiger partial charge in [-0.05, 0) is 56.1 Å². The van der Waals surface area contributed by atoms with Gasteiger partial charge in [0.2, 0.25) is 5.91 Å². The molecule has 3 aromatic rings. The molecule has 12 heteroatoms. The number of amides is 2. The number of aliphatic hydroxyl groups excluding tert-OH is 1. The minimum atomic E-state index is -4.17. The molecule has 4 rings (SSSR count). The van der Waals surface area contributed by atoms with E-state index in [1.54, 1.807) is 42.6 Å². The van der Waals surface area contributed by atoms with Crippen LogP contribution in [0.25, 0.3) is 5.82 Å². The number of nitrogens with two attached hydrogens (primary N) is 1. The van der Waals surface area contributed by atoms with Crippen molar-refractivity contribution in [3.63, 3.8) is 0 Å². The van der Waals surface area contributed by atoms with Gasteiger partial charge in [0.15, 0.2) is 11.9 Å². The lowest BCUT2D eigenvalue weighted by molar-refractivity contribution is -0.185. The lowest BCUT2D eigenvalue weighted by Gasteiger charge is -2.32. The monoisotopic (exact) mass is 530 g/mol. The summed E-state index contributed by atoms with van der Waals surface area (Å²) in [4.78, 5) is 31.2. The average molecular weight is 531 g/mol. The number of hydrogen-bond donors (Lipinski definition) is 3. The van der Waals surface area contributed by atoms with Crippen LogP contribution in [0.5, 0.6) is 0 Å². The number of primary amides is 1. The number of piperidine rings is 1. The number of likely N-dealkylation sites (tertiary alicyclic amines) is 1. The molecule has 3 heterocycles. The Kier molecular flexibility index (Phi) is 8.42. The first-order valence-corrected chi connectivity index (χ1v) is 12.2. The Morgan fingerprint density at radius 2 is 1.82 bits per heavy atom. The summed E-state index contributed by atoms with van der Waals surface area (Å²) in [6, 6.07) is 12.9. The lowest BCUT2D eigenvalue weighted by atomic mass is 9.96. The summed E-state index contributed by atoms with van der Waals surface area (Å²) in [5.74, 6) is -2.60. The van der Waals surface area contributed by atoms with Crippen molar-refractivity contribution in [1.82, 2.24) is 25.0 Å². The number of halogens is 3. The van der Waals surface area contributed by atoms with Gasteiger partial charge >= 0.3 is 6.18 Å².